The second kappa shape index (κ2) is 7.20. The summed E-state index contributed by atoms with van der Waals surface area (Å²) in [6.45, 7) is 9.60. The topological polar surface area (TPSA) is 84.7 Å². The molecule has 0 saturated carbocycles. The minimum atomic E-state index is -0.750. The van der Waals surface area contributed by atoms with E-state index in [1.54, 1.807) is 24.9 Å². The van der Waals surface area contributed by atoms with E-state index in [1.165, 1.54) is 4.57 Å². The number of aliphatic hydroxyl groups excluding tert-OH is 1. The standard InChI is InChI=1S/C21H29N3O4/c1-12-10-14(13(2)25)17-15(11-12)19(26)23(6)18(22-17)16-8-7-9-24(16)20(27)28-21(3,4)5/h10-11,13,16,25H,7-9H2,1-6H3. The normalized spacial score (nSPS) is 18.5. The number of aliphatic hydroxyl groups is 1. The molecule has 2 heterocycles. The fourth-order valence-corrected chi connectivity index (χ4v) is 3.76. The van der Waals surface area contributed by atoms with Gasteiger partial charge in [-0.05, 0) is 59.1 Å². The number of ether oxygens (including phenoxy) is 1. The Morgan fingerprint density at radius 1 is 1.36 bits per heavy atom. The third-order valence-electron chi connectivity index (χ3n) is 5.02. The zero-order valence-electron chi connectivity index (χ0n) is 17.4. The van der Waals surface area contributed by atoms with Gasteiger partial charge in [-0.25, -0.2) is 9.78 Å². The molecule has 152 valence electrons. The summed E-state index contributed by atoms with van der Waals surface area (Å²) in [6.07, 6.45) is 0.375. The molecule has 1 N–H and O–H groups in total. The summed E-state index contributed by atoms with van der Waals surface area (Å²) in [6, 6.07) is 3.31. The summed E-state index contributed by atoms with van der Waals surface area (Å²) in [5.41, 5.74) is 1.24. The summed E-state index contributed by atoms with van der Waals surface area (Å²) in [5, 5.41) is 10.7. The summed E-state index contributed by atoms with van der Waals surface area (Å²) in [4.78, 5) is 32.1. The van der Waals surface area contributed by atoms with Crippen molar-refractivity contribution in [2.75, 3.05) is 6.54 Å². The van der Waals surface area contributed by atoms with Crippen molar-refractivity contribution < 1.29 is 14.6 Å². The van der Waals surface area contributed by atoms with Crippen molar-refractivity contribution in [2.45, 2.75) is 65.2 Å². The van der Waals surface area contributed by atoms with Crippen molar-refractivity contribution >= 4 is 17.0 Å². The van der Waals surface area contributed by atoms with Crippen LogP contribution in [0.1, 0.15) is 69.6 Å². The molecule has 1 aliphatic heterocycles. The van der Waals surface area contributed by atoms with Crippen LogP contribution in [0.5, 0.6) is 0 Å². The molecule has 1 aromatic carbocycles. The molecule has 3 rings (SSSR count). The third-order valence-corrected chi connectivity index (χ3v) is 5.02. The highest BCUT2D eigenvalue weighted by atomic mass is 16.6. The Morgan fingerprint density at radius 3 is 2.64 bits per heavy atom. The second-order valence-electron chi connectivity index (χ2n) is 8.59. The molecule has 2 unspecified atom stereocenters. The highest BCUT2D eigenvalue weighted by Crippen LogP contribution is 2.33. The maximum Gasteiger partial charge on any atom is 0.410 e. The molecule has 0 bridgehead atoms. The molecular formula is C21H29N3O4. The van der Waals surface area contributed by atoms with Crippen LogP contribution in [0.2, 0.25) is 0 Å². The van der Waals surface area contributed by atoms with Crippen LogP contribution in [-0.4, -0.2) is 37.8 Å². The highest BCUT2D eigenvalue weighted by Gasteiger charge is 2.36. The molecule has 28 heavy (non-hydrogen) atoms. The molecule has 1 amide bonds. The molecule has 2 aromatic rings. The van der Waals surface area contributed by atoms with Crippen molar-refractivity contribution in [3.8, 4) is 0 Å². The van der Waals surface area contributed by atoms with E-state index < -0.39 is 17.8 Å². The van der Waals surface area contributed by atoms with E-state index in [4.69, 9.17) is 9.72 Å². The average molecular weight is 387 g/mol. The maximum absolute atomic E-state index is 13.0. The lowest BCUT2D eigenvalue weighted by Crippen LogP contribution is -2.38. The van der Waals surface area contributed by atoms with E-state index in [1.807, 2.05) is 33.8 Å². The molecule has 1 aromatic heterocycles. The van der Waals surface area contributed by atoms with Crippen molar-refractivity contribution in [1.82, 2.24) is 14.5 Å². The molecular weight excluding hydrogens is 358 g/mol. The number of fused-ring (bicyclic) bond motifs is 1. The van der Waals surface area contributed by atoms with Gasteiger partial charge in [-0.2, -0.15) is 0 Å². The number of likely N-dealkylation sites (tertiary alicyclic amines) is 1. The zero-order valence-corrected chi connectivity index (χ0v) is 17.4. The molecule has 0 radical (unpaired) electrons. The minimum Gasteiger partial charge on any atom is -0.444 e. The second-order valence-corrected chi connectivity index (χ2v) is 8.59. The fourth-order valence-electron chi connectivity index (χ4n) is 3.76. The number of hydrogen-bond acceptors (Lipinski definition) is 5. The van der Waals surface area contributed by atoms with Gasteiger partial charge in [0.15, 0.2) is 0 Å². The number of benzene rings is 1. The van der Waals surface area contributed by atoms with Crippen LogP contribution in [-0.2, 0) is 11.8 Å². The number of carbonyl (C=O) groups is 1. The molecule has 7 heteroatoms. The number of amides is 1. The Morgan fingerprint density at radius 2 is 2.04 bits per heavy atom. The summed E-state index contributed by atoms with van der Waals surface area (Å²) in [7, 11) is 1.68. The molecule has 0 spiro atoms. The minimum absolute atomic E-state index is 0.179. The van der Waals surface area contributed by atoms with Crippen LogP contribution >= 0.6 is 0 Å². The lowest BCUT2D eigenvalue weighted by molar-refractivity contribution is 0.0215. The largest absolute Gasteiger partial charge is 0.444 e. The number of nitrogens with zero attached hydrogens (tertiary/aromatic N) is 3. The SMILES string of the molecule is Cc1cc(C(C)O)c2nc(C3CCCN3C(=O)OC(C)(C)C)n(C)c(=O)c2c1. The van der Waals surface area contributed by atoms with Crippen LogP contribution in [0.25, 0.3) is 10.9 Å². The summed E-state index contributed by atoms with van der Waals surface area (Å²) in [5.74, 6) is 0.520. The van der Waals surface area contributed by atoms with Crippen LogP contribution in [0, 0.1) is 6.92 Å². The average Bonchev–Trinajstić information content (AvgIpc) is 3.06. The lowest BCUT2D eigenvalue weighted by atomic mass is 10.0. The molecule has 1 fully saturated rings. The van der Waals surface area contributed by atoms with Crippen molar-refractivity contribution in [3.05, 3.63) is 39.4 Å². The van der Waals surface area contributed by atoms with Gasteiger partial charge in [-0.1, -0.05) is 6.07 Å². The monoisotopic (exact) mass is 387 g/mol. The summed E-state index contributed by atoms with van der Waals surface area (Å²) < 4.78 is 7.06. The molecule has 1 aliphatic rings. The van der Waals surface area contributed by atoms with Gasteiger partial charge in [0, 0.05) is 19.2 Å². The fraction of sp³-hybridized carbons (Fsp3) is 0.571. The van der Waals surface area contributed by atoms with Crippen LogP contribution in [0.15, 0.2) is 16.9 Å². The molecule has 7 nitrogen and oxygen atoms in total. The van der Waals surface area contributed by atoms with Crippen molar-refractivity contribution in [2.24, 2.45) is 7.05 Å². The predicted molar refractivity (Wildman–Crippen MR) is 107 cm³/mol. The first-order chi connectivity index (χ1) is 13.0. The van der Waals surface area contributed by atoms with Gasteiger partial charge in [0.05, 0.1) is 23.0 Å². The Hall–Kier alpha value is -2.41. The van der Waals surface area contributed by atoms with Crippen molar-refractivity contribution in [3.63, 3.8) is 0 Å². The van der Waals surface area contributed by atoms with Gasteiger partial charge < -0.3 is 9.84 Å². The van der Waals surface area contributed by atoms with Crippen LogP contribution < -0.4 is 5.56 Å². The number of aryl methyl sites for hydroxylation is 1. The van der Waals surface area contributed by atoms with E-state index in [-0.39, 0.29) is 11.6 Å². The Bertz CT molecular complexity index is 972. The number of carbonyl (C=O) groups excluding carboxylic acids is 1. The molecule has 0 aliphatic carbocycles. The van der Waals surface area contributed by atoms with E-state index in [0.717, 1.165) is 12.0 Å². The quantitative estimate of drug-likeness (QED) is 0.854. The van der Waals surface area contributed by atoms with Crippen LogP contribution in [0.4, 0.5) is 4.79 Å². The predicted octanol–water partition coefficient (Wildman–Crippen LogP) is 3.37. The number of rotatable bonds is 2. The van der Waals surface area contributed by atoms with E-state index in [2.05, 4.69) is 0 Å². The first-order valence-corrected chi connectivity index (χ1v) is 9.68. The third kappa shape index (κ3) is 3.76. The Kier molecular flexibility index (Phi) is 5.23. The number of aromatic nitrogens is 2. The molecule has 1 saturated heterocycles. The Labute approximate surface area is 164 Å². The van der Waals surface area contributed by atoms with E-state index >= 15 is 0 Å². The Balaban J connectivity index is 2.14. The first-order valence-electron chi connectivity index (χ1n) is 9.68. The first kappa shape index (κ1) is 20.3. The maximum atomic E-state index is 13.0. The highest BCUT2D eigenvalue weighted by molar-refractivity contribution is 5.82. The summed E-state index contributed by atoms with van der Waals surface area (Å²) >= 11 is 0. The zero-order chi connectivity index (χ0) is 20.8. The van der Waals surface area contributed by atoms with E-state index in [9.17, 15) is 14.7 Å². The van der Waals surface area contributed by atoms with Gasteiger partial charge in [0.1, 0.15) is 11.4 Å². The smallest absolute Gasteiger partial charge is 0.410 e. The lowest BCUT2D eigenvalue weighted by Gasteiger charge is -2.29. The van der Waals surface area contributed by atoms with Gasteiger partial charge in [0.2, 0.25) is 0 Å². The van der Waals surface area contributed by atoms with Gasteiger partial charge in [-0.3, -0.25) is 14.3 Å². The van der Waals surface area contributed by atoms with Gasteiger partial charge in [0.25, 0.3) is 5.56 Å². The van der Waals surface area contributed by atoms with E-state index in [0.29, 0.717) is 35.3 Å². The molecule has 2 atom stereocenters. The van der Waals surface area contributed by atoms with Gasteiger partial charge in [-0.15, -0.1) is 0 Å². The van der Waals surface area contributed by atoms with Crippen molar-refractivity contribution in [1.29, 1.82) is 0 Å². The number of hydrogen-bond donors (Lipinski definition) is 1. The van der Waals surface area contributed by atoms with Gasteiger partial charge >= 0.3 is 6.09 Å². The van der Waals surface area contributed by atoms with Crippen LogP contribution in [0.3, 0.4) is 0 Å².